The van der Waals surface area contributed by atoms with Gasteiger partial charge in [-0.15, -0.1) is 0 Å². The number of nitrogens with one attached hydrogen (secondary N) is 4. The maximum Gasteiger partial charge on any atom is 0.330 e. The zero-order chi connectivity index (χ0) is 20.9. The van der Waals surface area contributed by atoms with E-state index in [1.807, 2.05) is 10.6 Å². The van der Waals surface area contributed by atoms with Crippen molar-refractivity contribution >= 4 is 30.3 Å². The summed E-state index contributed by atoms with van der Waals surface area (Å²) < 4.78 is 0. The number of aliphatic imine (C=N–C) groups is 2. The molecule has 11 heteroatoms. The summed E-state index contributed by atoms with van der Waals surface area (Å²) in [5.41, 5.74) is 0. The van der Waals surface area contributed by atoms with E-state index in [2.05, 4.69) is 20.6 Å². The largest absolute Gasteiger partial charge is 0.338 e. The lowest BCUT2D eigenvalue weighted by atomic mass is 10.2. The van der Waals surface area contributed by atoms with Crippen LogP contribution in [-0.2, 0) is 9.59 Å². The average Bonchev–Trinajstić information content (AvgIpc) is 2.65. The Morgan fingerprint density at radius 2 is 0.964 bits per heavy atom. The van der Waals surface area contributed by atoms with Gasteiger partial charge in [0, 0.05) is 13.1 Å². The van der Waals surface area contributed by atoms with Crippen LogP contribution in [0.3, 0.4) is 0 Å². The minimum atomic E-state index is -0.909. The van der Waals surface area contributed by atoms with Crippen LogP contribution in [0.5, 0.6) is 0 Å². The molecule has 0 fully saturated rings. The van der Waals surface area contributed by atoms with Crippen molar-refractivity contribution < 1.29 is 24.0 Å². The fourth-order valence-corrected chi connectivity index (χ4v) is 2.16. The maximum absolute atomic E-state index is 11.5. The first-order valence-corrected chi connectivity index (χ1v) is 9.31. The predicted octanol–water partition coefficient (Wildman–Crippen LogP) is 1.50. The van der Waals surface area contributed by atoms with Gasteiger partial charge in [-0.05, 0) is 25.7 Å². The second kappa shape index (κ2) is 18.8. The number of imide groups is 2. The predicted molar refractivity (Wildman–Crippen MR) is 101 cm³/mol. The van der Waals surface area contributed by atoms with Crippen LogP contribution in [0, 0.1) is 0 Å². The van der Waals surface area contributed by atoms with Crippen LogP contribution in [0.2, 0.25) is 0 Å². The Morgan fingerprint density at radius 1 is 0.571 bits per heavy atom. The topological polar surface area (TPSA) is 158 Å². The summed E-state index contributed by atoms with van der Waals surface area (Å²) in [5, 5.41) is 9.02. The summed E-state index contributed by atoms with van der Waals surface area (Å²) in [4.78, 5) is 61.2. The standard InChI is InChI=1S/C17H28N6O5/c24-13-18-9-5-1-3-7-11-20-15(26)22-17(28)23-16(27)21-12-8-4-2-6-10-19-14-25/h1-12H2,(H4,20,21,22,23,26,27,28). The molecule has 0 aliphatic rings. The Labute approximate surface area is 163 Å². The van der Waals surface area contributed by atoms with E-state index >= 15 is 0 Å². The summed E-state index contributed by atoms with van der Waals surface area (Å²) in [7, 11) is 0. The third-order valence-electron chi connectivity index (χ3n) is 3.55. The molecule has 156 valence electrons. The number of urea groups is 3. The first kappa shape index (κ1) is 25.0. The fourth-order valence-electron chi connectivity index (χ4n) is 2.16. The van der Waals surface area contributed by atoms with E-state index in [-0.39, 0.29) is 0 Å². The lowest BCUT2D eigenvalue weighted by Crippen LogP contribution is -2.49. The summed E-state index contributed by atoms with van der Waals surface area (Å²) in [5.74, 6) is 0. The normalized spacial score (nSPS) is 9.43. The number of hydrogen-bond donors (Lipinski definition) is 4. The SMILES string of the molecule is O=C=NCCCCCCNC(=O)NC(=O)NC(=O)NCCCCCCN=C=O. The molecular formula is C17H28N6O5. The molecule has 0 aromatic carbocycles. The number of amides is 6. The summed E-state index contributed by atoms with van der Waals surface area (Å²) in [6, 6.07) is -2.28. The molecule has 0 atom stereocenters. The summed E-state index contributed by atoms with van der Waals surface area (Å²) in [6.45, 7) is 1.69. The second-order valence-corrected chi connectivity index (χ2v) is 5.87. The minimum Gasteiger partial charge on any atom is -0.338 e. The third-order valence-corrected chi connectivity index (χ3v) is 3.55. The maximum atomic E-state index is 11.5. The van der Waals surface area contributed by atoms with Gasteiger partial charge in [-0.3, -0.25) is 10.6 Å². The molecule has 11 nitrogen and oxygen atoms in total. The Kier molecular flexibility index (Phi) is 16.7. The van der Waals surface area contributed by atoms with Gasteiger partial charge in [0.2, 0.25) is 12.2 Å². The van der Waals surface area contributed by atoms with Gasteiger partial charge in [0.05, 0.1) is 13.1 Å². The van der Waals surface area contributed by atoms with E-state index in [0.717, 1.165) is 51.4 Å². The van der Waals surface area contributed by atoms with Crippen molar-refractivity contribution in [2.75, 3.05) is 26.2 Å². The molecule has 0 saturated carbocycles. The van der Waals surface area contributed by atoms with E-state index in [4.69, 9.17) is 0 Å². The van der Waals surface area contributed by atoms with Crippen LogP contribution in [0.25, 0.3) is 0 Å². The molecule has 0 rings (SSSR count). The first-order chi connectivity index (χ1) is 13.6. The first-order valence-electron chi connectivity index (χ1n) is 9.31. The zero-order valence-corrected chi connectivity index (χ0v) is 15.9. The quantitative estimate of drug-likeness (QED) is 0.199. The number of hydrogen-bond acceptors (Lipinski definition) is 7. The Hall–Kier alpha value is -3.03. The molecule has 0 radical (unpaired) electrons. The lowest BCUT2D eigenvalue weighted by Gasteiger charge is -2.08. The third kappa shape index (κ3) is 17.8. The van der Waals surface area contributed by atoms with Crippen molar-refractivity contribution in [3.8, 4) is 0 Å². The van der Waals surface area contributed by atoms with Gasteiger partial charge in [0.25, 0.3) is 0 Å². The molecule has 0 aliphatic heterocycles. The Bertz CT molecular complexity index is 522. The molecule has 28 heavy (non-hydrogen) atoms. The van der Waals surface area contributed by atoms with Crippen molar-refractivity contribution in [1.29, 1.82) is 0 Å². The number of carbonyl (C=O) groups is 3. The van der Waals surface area contributed by atoms with Gasteiger partial charge in [0.15, 0.2) is 0 Å². The molecule has 0 heterocycles. The molecule has 0 spiro atoms. The van der Waals surface area contributed by atoms with E-state index in [0.29, 0.717) is 26.2 Å². The van der Waals surface area contributed by atoms with E-state index in [9.17, 15) is 24.0 Å². The van der Waals surface area contributed by atoms with Gasteiger partial charge in [0.1, 0.15) is 0 Å². The molecule has 0 aromatic heterocycles. The van der Waals surface area contributed by atoms with E-state index < -0.39 is 18.1 Å². The van der Waals surface area contributed by atoms with Crippen molar-refractivity contribution in [1.82, 2.24) is 21.3 Å². The molecule has 0 aliphatic carbocycles. The van der Waals surface area contributed by atoms with Crippen molar-refractivity contribution in [2.24, 2.45) is 9.98 Å². The Morgan fingerprint density at radius 3 is 1.36 bits per heavy atom. The second-order valence-electron chi connectivity index (χ2n) is 5.87. The van der Waals surface area contributed by atoms with Crippen molar-refractivity contribution in [2.45, 2.75) is 51.4 Å². The highest BCUT2D eigenvalue weighted by Crippen LogP contribution is 1.99. The monoisotopic (exact) mass is 396 g/mol. The smallest absolute Gasteiger partial charge is 0.330 e. The average molecular weight is 396 g/mol. The number of rotatable bonds is 14. The van der Waals surface area contributed by atoms with Crippen LogP contribution in [-0.4, -0.2) is 56.4 Å². The van der Waals surface area contributed by atoms with Gasteiger partial charge >= 0.3 is 18.1 Å². The van der Waals surface area contributed by atoms with Crippen LogP contribution in [0.1, 0.15) is 51.4 Å². The minimum absolute atomic E-state index is 0.389. The zero-order valence-electron chi connectivity index (χ0n) is 15.9. The highest BCUT2D eigenvalue weighted by Gasteiger charge is 2.10. The highest BCUT2D eigenvalue weighted by molar-refractivity contribution is 6.01. The Balaban J connectivity index is 3.59. The van der Waals surface area contributed by atoms with Gasteiger partial charge < -0.3 is 10.6 Å². The van der Waals surface area contributed by atoms with Gasteiger partial charge in [-0.2, -0.15) is 0 Å². The molecule has 0 saturated heterocycles. The summed E-state index contributed by atoms with van der Waals surface area (Å²) >= 11 is 0. The number of unbranched alkanes of at least 4 members (excludes halogenated alkanes) is 6. The molecular weight excluding hydrogens is 368 g/mol. The highest BCUT2D eigenvalue weighted by atomic mass is 16.2. The molecule has 4 N–H and O–H groups in total. The van der Waals surface area contributed by atoms with Gasteiger partial charge in [-0.1, -0.05) is 25.7 Å². The molecule has 0 unspecified atom stereocenters. The van der Waals surface area contributed by atoms with E-state index in [1.54, 1.807) is 0 Å². The van der Waals surface area contributed by atoms with Crippen LogP contribution in [0.15, 0.2) is 9.98 Å². The molecule has 6 amide bonds. The van der Waals surface area contributed by atoms with Crippen LogP contribution >= 0.6 is 0 Å². The summed E-state index contributed by atoms with van der Waals surface area (Å²) in [6.07, 6.45) is 9.42. The van der Waals surface area contributed by atoms with Crippen LogP contribution in [0.4, 0.5) is 14.4 Å². The van der Waals surface area contributed by atoms with Gasteiger partial charge in [-0.25, -0.2) is 34.0 Å². The van der Waals surface area contributed by atoms with Crippen molar-refractivity contribution in [3.05, 3.63) is 0 Å². The molecule has 0 bridgehead atoms. The number of nitrogens with zero attached hydrogens (tertiary/aromatic N) is 2. The fraction of sp³-hybridized carbons (Fsp3) is 0.706. The lowest BCUT2D eigenvalue weighted by molar-refractivity contribution is 0.221. The number of isocyanates is 2. The van der Waals surface area contributed by atoms with E-state index in [1.165, 1.54) is 12.2 Å². The van der Waals surface area contributed by atoms with Crippen molar-refractivity contribution in [3.63, 3.8) is 0 Å². The van der Waals surface area contributed by atoms with Crippen LogP contribution < -0.4 is 21.3 Å². The number of carbonyl (C=O) groups excluding carboxylic acids is 5. The molecule has 0 aromatic rings.